The van der Waals surface area contributed by atoms with Gasteiger partial charge in [-0.1, -0.05) is 12.1 Å². The first kappa shape index (κ1) is 13.7. The van der Waals surface area contributed by atoms with Crippen LogP contribution in [0.4, 0.5) is 5.69 Å². The lowest BCUT2D eigenvalue weighted by Crippen LogP contribution is -2.06. The van der Waals surface area contributed by atoms with Crippen LogP contribution in [0.1, 0.15) is 15.9 Å². The number of benzene rings is 2. The summed E-state index contributed by atoms with van der Waals surface area (Å²) in [7, 11) is 1.30. The van der Waals surface area contributed by atoms with Crippen molar-refractivity contribution in [2.24, 2.45) is 0 Å². The topological polar surface area (TPSA) is 81.8 Å². The van der Waals surface area contributed by atoms with E-state index in [4.69, 9.17) is 10.5 Å². The summed E-state index contributed by atoms with van der Waals surface area (Å²) in [5.41, 5.74) is 7.16. The maximum atomic E-state index is 11.7. The third kappa shape index (κ3) is 3.20. The molecule has 3 N–H and O–H groups in total. The zero-order chi connectivity index (χ0) is 14.5. The predicted octanol–water partition coefficient (Wildman–Crippen LogP) is 2.34. The second-order valence-corrected chi connectivity index (χ2v) is 4.21. The van der Waals surface area contributed by atoms with Gasteiger partial charge in [0.1, 0.15) is 23.7 Å². The number of hydrogen-bond acceptors (Lipinski definition) is 5. The molecule has 20 heavy (non-hydrogen) atoms. The van der Waals surface area contributed by atoms with Gasteiger partial charge in [-0.05, 0) is 35.9 Å². The average Bonchev–Trinajstić information content (AvgIpc) is 2.45. The van der Waals surface area contributed by atoms with E-state index < -0.39 is 5.97 Å². The summed E-state index contributed by atoms with van der Waals surface area (Å²) in [6, 6.07) is 11.5. The van der Waals surface area contributed by atoms with Gasteiger partial charge in [-0.25, -0.2) is 4.79 Å². The fourth-order valence-corrected chi connectivity index (χ4v) is 1.75. The summed E-state index contributed by atoms with van der Waals surface area (Å²) in [4.78, 5) is 11.7. The number of carbonyl (C=O) groups is 1. The van der Waals surface area contributed by atoms with Gasteiger partial charge in [-0.3, -0.25) is 0 Å². The highest BCUT2D eigenvalue weighted by molar-refractivity contribution is 5.93. The quantitative estimate of drug-likeness (QED) is 0.660. The average molecular weight is 273 g/mol. The van der Waals surface area contributed by atoms with Crippen LogP contribution in [0.3, 0.4) is 0 Å². The Hall–Kier alpha value is -2.69. The molecule has 0 saturated carbocycles. The normalized spacial score (nSPS) is 10.1. The van der Waals surface area contributed by atoms with Crippen molar-refractivity contribution in [1.29, 1.82) is 0 Å². The van der Waals surface area contributed by atoms with Gasteiger partial charge in [0.2, 0.25) is 0 Å². The standard InChI is InChI=1S/C15H15NO4/c1-19-15(18)13-8-11(16)5-6-14(13)20-9-10-3-2-4-12(17)7-10/h2-8,17H,9,16H2,1H3. The number of nitrogens with two attached hydrogens (primary N) is 1. The summed E-state index contributed by atoms with van der Waals surface area (Å²) in [6.07, 6.45) is 0. The molecule has 5 nitrogen and oxygen atoms in total. The molecule has 0 aliphatic rings. The first-order valence-corrected chi connectivity index (χ1v) is 5.98. The van der Waals surface area contributed by atoms with E-state index in [2.05, 4.69) is 4.74 Å². The van der Waals surface area contributed by atoms with E-state index in [1.165, 1.54) is 13.2 Å². The van der Waals surface area contributed by atoms with Crippen LogP contribution in [0.2, 0.25) is 0 Å². The molecule has 0 atom stereocenters. The van der Waals surface area contributed by atoms with Crippen molar-refractivity contribution in [1.82, 2.24) is 0 Å². The molecule has 0 unspecified atom stereocenters. The lowest BCUT2D eigenvalue weighted by molar-refractivity contribution is 0.0595. The highest BCUT2D eigenvalue weighted by atomic mass is 16.5. The van der Waals surface area contributed by atoms with Crippen molar-refractivity contribution in [3.05, 3.63) is 53.6 Å². The molecule has 0 fully saturated rings. The largest absolute Gasteiger partial charge is 0.508 e. The highest BCUT2D eigenvalue weighted by Gasteiger charge is 2.13. The van der Waals surface area contributed by atoms with Gasteiger partial charge in [0, 0.05) is 5.69 Å². The minimum Gasteiger partial charge on any atom is -0.508 e. The molecule has 0 bridgehead atoms. The molecule has 0 amide bonds. The van der Waals surface area contributed by atoms with Crippen molar-refractivity contribution in [3.8, 4) is 11.5 Å². The van der Waals surface area contributed by atoms with E-state index in [-0.39, 0.29) is 17.9 Å². The molecular weight excluding hydrogens is 258 g/mol. The van der Waals surface area contributed by atoms with E-state index in [1.54, 1.807) is 30.3 Å². The van der Waals surface area contributed by atoms with E-state index in [1.807, 2.05) is 6.07 Å². The lowest BCUT2D eigenvalue weighted by atomic mass is 10.1. The number of phenols is 1. The molecule has 2 aromatic rings. The smallest absolute Gasteiger partial charge is 0.341 e. The third-order valence-corrected chi connectivity index (χ3v) is 2.71. The molecule has 2 rings (SSSR count). The summed E-state index contributed by atoms with van der Waals surface area (Å²) >= 11 is 0. The Balaban J connectivity index is 2.19. The van der Waals surface area contributed by atoms with Crippen LogP contribution >= 0.6 is 0 Å². The molecule has 0 heterocycles. The molecule has 2 aromatic carbocycles. The van der Waals surface area contributed by atoms with Crippen LogP contribution in [0.5, 0.6) is 11.5 Å². The minimum absolute atomic E-state index is 0.164. The number of carbonyl (C=O) groups excluding carboxylic acids is 1. The first-order valence-electron chi connectivity index (χ1n) is 5.98. The second kappa shape index (κ2) is 5.97. The number of phenolic OH excluding ortho intramolecular Hbond substituents is 1. The summed E-state index contributed by atoms with van der Waals surface area (Å²) in [6.45, 7) is 0.225. The second-order valence-electron chi connectivity index (χ2n) is 4.21. The number of methoxy groups -OCH3 is 1. The van der Waals surface area contributed by atoms with Crippen LogP contribution < -0.4 is 10.5 Å². The van der Waals surface area contributed by atoms with Crippen LogP contribution in [-0.4, -0.2) is 18.2 Å². The van der Waals surface area contributed by atoms with Crippen molar-refractivity contribution in [2.75, 3.05) is 12.8 Å². The van der Waals surface area contributed by atoms with Gasteiger partial charge in [-0.15, -0.1) is 0 Å². The Morgan fingerprint density at radius 2 is 2.05 bits per heavy atom. The molecule has 0 spiro atoms. The van der Waals surface area contributed by atoms with Crippen molar-refractivity contribution >= 4 is 11.7 Å². The van der Waals surface area contributed by atoms with Gasteiger partial charge in [0.05, 0.1) is 7.11 Å². The number of esters is 1. The first-order chi connectivity index (χ1) is 9.60. The Kier molecular flexibility index (Phi) is 4.10. The molecule has 0 saturated heterocycles. The SMILES string of the molecule is COC(=O)c1cc(N)ccc1OCc1cccc(O)c1. The van der Waals surface area contributed by atoms with Crippen LogP contribution in [0.15, 0.2) is 42.5 Å². The van der Waals surface area contributed by atoms with Gasteiger partial charge < -0.3 is 20.3 Å². The van der Waals surface area contributed by atoms with Gasteiger partial charge >= 0.3 is 5.97 Å². The Morgan fingerprint density at radius 3 is 2.75 bits per heavy atom. The minimum atomic E-state index is -0.511. The number of ether oxygens (including phenoxy) is 2. The number of rotatable bonds is 4. The van der Waals surface area contributed by atoms with Crippen LogP contribution in [0, 0.1) is 0 Å². The van der Waals surface area contributed by atoms with Crippen molar-refractivity contribution < 1.29 is 19.4 Å². The summed E-state index contributed by atoms with van der Waals surface area (Å²) < 4.78 is 10.3. The van der Waals surface area contributed by atoms with E-state index in [0.29, 0.717) is 11.4 Å². The number of nitrogen functional groups attached to an aromatic ring is 1. The maximum Gasteiger partial charge on any atom is 0.341 e. The highest BCUT2D eigenvalue weighted by Crippen LogP contribution is 2.23. The molecule has 0 aliphatic carbocycles. The summed E-state index contributed by atoms with van der Waals surface area (Å²) in [5.74, 6) is 0.0363. The van der Waals surface area contributed by atoms with Crippen molar-refractivity contribution in [3.63, 3.8) is 0 Å². The van der Waals surface area contributed by atoms with Crippen molar-refractivity contribution in [2.45, 2.75) is 6.61 Å². The number of anilines is 1. The van der Waals surface area contributed by atoms with Gasteiger partial charge in [0.25, 0.3) is 0 Å². The van der Waals surface area contributed by atoms with E-state index >= 15 is 0 Å². The van der Waals surface area contributed by atoms with Crippen LogP contribution in [-0.2, 0) is 11.3 Å². The Bertz CT molecular complexity index is 625. The van der Waals surface area contributed by atoms with Gasteiger partial charge in [0.15, 0.2) is 0 Å². The third-order valence-electron chi connectivity index (χ3n) is 2.71. The van der Waals surface area contributed by atoms with E-state index in [9.17, 15) is 9.90 Å². The number of hydrogen-bond donors (Lipinski definition) is 2. The number of aromatic hydroxyl groups is 1. The fourth-order valence-electron chi connectivity index (χ4n) is 1.75. The molecule has 5 heteroatoms. The predicted molar refractivity (Wildman–Crippen MR) is 74.6 cm³/mol. The van der Waals surface area contributed by atoms with E-state index in [0.717, 1.165) is 5.56 Å². The summed E-state index contributed by atoms with van der Waals surface area (Å²) in [5, 5.41) is 9.38. The Labute approximate surface area is 116 Å². The fraction of sp³-hybridized carbons (Fsp3) is 0.133. The maximum absolute atomic E-state index is 11.7. The van der Waals surface area contributed by atoms with Crippen LogP contribution in [0.25, 0.3) is 0 Å². The monoisotopic (exact) mass is 273 g/mol. The molecule has 104 valence electrons. The molecule has 0 aromatic heterocycles. The Morgan fingerprint density at radius 1 is 1.25 bits per heavy atom. The zero-order valence-corrected chi connectivity index (χ0v) is 11.0. The molecular formula is C15H15NO4. The van der Waals surface area contributed by atoms with Gasteiger partial charge in [-0.2, -0.15) is 0 Å². The molecule has 0 radical (unpaired) electrons. The lowest BCUT2D eigenvalue weighted by Gasteiger charge is -2.11. The zero-order valence-electron chi connectivity index (χ0n) is 11.0. The molecule has 0 aliphatic heterocycles.